The molecule has 1 aromatic rings. The number of anilines is 1. The zero-order valence-corrected chi connectivity index (χ0v) is 17.0. The summed E-state index contributed by atoms with van der Waals surface area (Å²) in [7, 11) is 1.19. The number of benzene rings is 1. The molecule has 0 bridgehead atoms. The highest BCUT2D eigenvalue weighted by molar-refractivity contribution is 6.34. The topological polar surface area (TPSA) is 38.8 Å². The Bertz CT molecular complexity index is 1030. The van der Waals surface area contributed by atoms with Gasteiger partial charge in [-0.1, -0.05) is 23.7 Å². The second kappa shape index (κ2) is 9.84. The van der Waals surface area contributed by atoms with Gasteiger partial charge >= 0.3 is 6.03 Å². The van der Waals surface area contributed by atoms with Crippen LogP contribution in [0.4, 0.5) is 10.5 Å². The van der Waals surface area contributed by atoms with E-state index in [1.54, 1.807) is 13.0 Å². The second-order valence-electron chi connectivity index (χ2n) is 7.36. The van der Waals surface area contributed by atoms with Gasteiger partial charge in [0.25, 0.3) is 0 Å². The first-order chi connectivity index (χ1) is 17.7. The van der Waals surface area contributed by atoms with Gasteiger partial charge in [0, 0.05) is 55.6 Å². The van der Waals surface area contributed by atoms with E-state index in [2.05, 4.69) is 5.32 Å². The van der Waals surface area contributed by atoms with Crippen LogP contribution in [0.3, 0.4) is 0 Å². The van der Waals surface area contributed by atoms with Crippen molar-refractivity contribution in [2.24, 2.45) is 5.92 Å². The molecule has 1 aromatic carbocycles. The lowest BCUT2D eigenvalue weighted by atomic mass is 9.84. The zero-order chi connectivity index (χ0) is 29.8. The van der Waals surface area contributed by atoms with E-state index in [1.807, 2.05) is 0 Å². The molecule has 1 aliphatic carbocycles. The van der Waals surface area contributed by atoms with Crippen molar-refractivity contribution >= 4 is 23.3 Å². The van der Waals surface area contributed by atoms with Crippen LogP contribution in [0.5, 0.6) is 0 Å². The van der Waals surface area contributed by atoms with E-state index in [4.69, 9.17) is 26.7 Å². The molecular weight excluding hydrogens is 372 g/mol. The number of aryl methyl sites for hydroxylation is 1. The van der Waals surface area contributed by atoms with E-state index in [-0.39, 0.29) is 35.6 Å². The predicted molar refractivity (Wildman–Crippen MR) is 117 cm³/mol. The van der Waals surface area contributed by atoms with E-state index in [1.165, 1.54) is 19.2 Å². The molecule has 1 saturated heterocycles. The van der Waals surface area contributed by atoms with Gasteiger partial charge in [-0.25, -0.2) is 4.79 Å². The molecule has 2 fully saturated rings. The summed E-state index contributed by atoms with van der Waals surface area (Å²) in [6.45, 7) is -13.0. The Morgan fingerprint density at radius 3 is 2.68 bits per heavy atom. The third-order valence-corrected chi connectivity index (χ3v) is 5.74. The fourth-order valence-electron chi connectivity index (χ4n) is 3.49. The van der Waals surface area contributed by atoms with Crippen molar-refractivity contribution in [3.63, 3.8) is 0 Å². The Morgan fingerprint density at radius 2 is 2.00 bits per heavy atom. The molecule has 0 radical (unpaired) electrons. The van der Waals surface area contributed by atoms with Crippen molar-refractivity contribution in [3.8, 4) is 0 Å². The van der Waals surface area contributed by atoms with Crippen LogP contribution < -0.4 is 10.2 Å². The van der Waals surface area contributed by atoms with Crippen molar-refractivity contribution < 1.29 is 19.9 Å². The number of carbonyl (C=O) groups is 1. The molecule has 156 valence electrons. The molecule has 3 rings (SSSR count). The molecule has 2 aliphatic rings. The number of carbonyl (C=O) groups excluding carboxylic acids is 1. The quantitative estimate of drug-likeness (QED) is 0.787. The third kappa shape index (κ3) is 5.54. The number of rotatable bonds is 5. The molecule has 0 spiro atoms. The standard InChI is InChI=1S/C22H35ClN4O/c1-17-5-4-6-20(21(17)23)27-15-13-26(14-16-27)12-11-18-7-9-19(10-8-18)24-22(28)25(2)3/h4-6,18-19H,7-16H2,1-3H3,(H,24,28)/i2D3,13D2,14D2,15D2,16D2. The minimum absolute atomic E-state index is 0.00563. The summed E-state index contributed by atoms with van der Waals surface area (Å²) in [4.78, 5) is 14.0. The van der Waals surface area contributed by atoms with Gasteiger partial charge in [0.2, 0.25) is 0 Å². The summed E-state index contributed by atoms with van der Waals surface area (Å²) in [6, 6.07) is 3.58. The molecule has 28 heavy (non-hydrogen) atoms. The van der Waals surface area contributed by atoms with Gasteiger partial charge in [-0.2, -0.15) is 0 Å². The van der Waals surface area contributed by atoms with Crippen LogP contribution in [-0.2, 0) is 0 Å². The van der Waals surface area contributed by atoms with Crippen LogP contribution >= 0.6 is 11.6 Å². The van der Waals surface area contributed by atoms with Crippen LogP contribution in [-0.4, -0.2) is 68.4 Å². The minimum Gasteiger partial charge on any atom is -0.368 e. The molecule has 1 N–H and O–H groups in total. The maximum absolute atomic E-state index is 12.2. The lowest BCUT2D eigenvalue weighted by Gasteiger charge is -2.37. The largest absolute Gasteiger partial charge is 0.368 e. The van der Waals surface area contributed by atoms with Gasteiger partial charge < -0.3 is 15.1 Å². The van der Waals surface area contributed by atoms with Crippen LogP contribution in [0, 0.1) is 12.8 Å². The van der Waals surface area contributed by atoms with Crippen LogP contribution in [0.1, 0.15) is 52.7 Å². The van der Waals surface area contributed by atoms with Gasteiger partial charge in [0.15, 0.2) is 0 Å². The van der Waals surface area contributed by atoms with E-state index in [9.17, 15) is 4.79 Å². The van der Waals surface area contributed by atoms with Crippen molar-refractivity contribution in [1.29, 1.82) is 0 Å². The number of halogens is 1. The van der Waals surface area contributed by atoms with Gasteiger partial charge in [0.1, 0.15) is 0 Å². The van der Waals surface area contributed by atoms with Crippen molar-refractivity contribution in [2.45, 2.75) is 45.1 Å². The monoisotopic (exact) mass is 417 g/mol. The van der Waals surface area contributed by atoms with E-state index < -0.39 is 39.0 Å². The van der Waals surface area contributed by atoms with E-state index in [0.29, 0.717) is 45.9 Å². The maximum Gasteiger partial charge on any atom is 0.317 e. The number of urea groups is 1. The lowest BCUT2D eigenvalue weighted by molar-refractivity contribution is 0.194. The van der Waals surface area contributed by atoms with Gasteiger partial charge in [-0.15, -0.1) is 0 Å². The molecule has 1 heterocycles. The van der Waals surface area contributed by atoms with Crippen LogP contribution in [0.25, 0.3) is 0 Å². The highest BCUT2D eigenvalue weighted by atomic mass is 35.5. The molecule has 6 heteroatoms. The summed E-state index contributed by atoms with van der Waals surface area (Å²) in [6.07, 6.45) is 2.59. The molecule has 1 aliphatic heterocycles. The van der Waals surface area contributed by atoms with Crippen molar-refractivity contribution in [2.75, 3.05) is 51.5 Å². The number of piperazine rings is 1. The first-order valence-electron chi connectivity index (χ1n) is 15.0. The number of amides is 2. The third-order valence-electron chi connectivity index (χ3n) is 5.25. The van der Waals surface area contributed by atoms with Gasteiger partial charge in [-0.05, 0) is 63.1 Å². The highest BCUT2D eigenvalue weighted by Crippen LogP contribution is 2.30. The fraction of sp³-hybridized carbons (Fsp3) is 0.682. The molecule has 2 amide bonds. The van der Waals surface area contributed by atoms with Crippen LogP contribution in [0.15, 0.2) is 18.2 Å². The average Bonchev–Trinajstić information content (AvgIpc) is 2.80. The number of hydrogen-bond acceptors (Lipinski definition) is 3. The number of nitrogens with zero attached hydrogens (tertiary/aromatic N) is 3. The summed E-state index contributed by atoms with van der Waals surface area (Å²) in [5, 5.41) is 2.72. The number of nitrogens with one attached hydrogen (secondary N) is 1. The summed E-state index contributed by atoms with van der Waals surface area (Å²) in [5.74, 6) is 0.00563. The Kier molecular flexibility index (Phi) is 3.89. The van der Waals surface area contributed by atoms with Crippen molar-refractivity contribution in [3.05, 3.63) is 28.8 Å². The molecule has 5 nitrogen and oxygen atoms in total. The first kappa shape index (κ1) is 11.1. The molecule has 1 saturated carbocycles. The van der Waals surface area contributed by atoms with E-state index >= 15 is 0 Å². The zero-order valence-electron chi connectivity index (χ0n) is 27.3. The van der Waals surface area contributed by atoms with Gasteiger partial charge in [0.05, 0.1) is 16.2 Å². The smallest absolute Gasteiger partial charge is 0.317 e. The first-order valence-corrected chi connectivity index (χ1v) is 9.92. The average molecular weight is 418 g/mol. The van der Waals surface area contributed by atoms with E-state index in [0.717, 1.165) is 0 Å². The fourth-order valence-corrected chi connectivity index (χ4v) is 3.70. The van der Waals surface area contributed by atoms with Crippen LogP contribution in [0.2, 0.25) is 5.02 Å². The predicted octanol–water partition coefficient (Wildman–Crippen LogP) is 3.99. The Morgan fingerprint density at radius 1 is 1.29 bits per heavy atom. The normalized spacial score (nSPS) is 37.0. The van der Waals surface area contributed by atoms with Crippen molar-refractivity contribution in [1.82, 2.24) is 15.1 Å². The summed E-state index contributed by atoms with van der Waals surface area (Å²) in [5.41, 5.74) is 0.379. The number of hydrogen-bond donors (Lipinski definition) is 1. The molecule has 0 aromatic heterocycles. The Balaban J connectivity index is 1.74. The Labute approximate surface area is 190 Å². The maximum atomic E-state index is 12.2. The Hall–Kier alpha value is -1.46. The molecular formula is C22H35ClN4O. The molecule has 0 atom stereocenters. The molecule has 0 unspecified atom stereocenters. The second-order valence-corrected chi connectivity index (χ2v) is 7.74. The summed E-state index contributed by atoms with van der Waals surface area (Å²) < 4.78 is 91.4. The van der Waals surface area contributed by atoms with Gasteiger partial charge in [-0.3, -0.25) is 4.90 Å². The SMILES string of the molecule is [2H]C([2H])([2H])N(C)C(=O)NC1CCC(CCN2C([2H])([2H])C([2H])([2H])N(c3cccc(C)c3Cl)C([2H])([2H])C2([2H])[2H])CC1. The summed E-state index contributed by atoms with van der Waals surface area (Å²) >= 11 is 6.36. The minimum atomic E-state index is -2.99. The highest BCUT2D eigenvalue weighted by Gasteiger charge is 2.24. The lowest BCUT2D eigenvalue weighted by Crippen LogP contribution is -2.47.